The van der Waals surface area contributed by atoms with Gasteiger partial charge in [0.1, 0.15) is 0 Å². The Morgan fingerprint density at radius 1 is 1.29 bits per heavy atom. The van der Waals surface area contributed by atoms with E-state index in [0.717, 1.165) is 5.56 Å². The minimum Gasteiger partial charge on any atom is -0.389 e. The lowest BCUT2D eigenvalue weighted by molar-refractivity contribution is 0.0197. The largest absolute Gasteiger partial charge is 0.389 e. The number of hydrogen-bond acceptors (Lipinski definition) is 4. The predicted molar refractivity (Wildman–Crippen MR) is 80.1 cm³/mol. The van der Waals surface area contributed by atoms with E-state index in [0.29, 0.717) is 17.9 Å². The van der Waals surface area contributed by atoms with Crippen molar-refractivity contribution in [1.29, 1.82) is 0 Å². The van der Waals surface area contributed by atoms with E-state index in [1.807, 2.05) is 30.3 Å². The highest BCUT2D eigenvalue weighted by atomic mass is 16.5. The molecule has 0 aliphatic heterocycles. The molecule has 21 heavy (non-hydrogen) atoms. The standard InChI is InChI=1S/C16H20N2O3/c1-12-13(2)17-11-18(16(12)20)8-15(19)10-21-9-14-6-4-3-5-7-14/h3-7,11,15,19H,8-10H2,1-2H3. The Kier molecular flexibility index (Phi) is 5.25. The summed E-state index contributed by atoms with van der Waals surface area (Å²) in [5, 5.41) is 9.95. The normalized spacial score (nSPS) is 12.3. The molecule has 2 rings (SSSR count). The summed E-state index contributed by atoms with van der Waals surface area (Å²) < 4.78 is 6.88. The van der Waals surface area contributed by atoms with Crippen molar-refractivity contribution in [3.8, 4) is 0 Å². The van der Waals surface area contributed by atoms with Gasteiger partial charge in [0.15, 0.2) is 0 Å². The number of aliphatic hydroxyl groups excluding tert-OH is 1. The van der Waals surface area contributed by atoms with E-state index in [-0.39, 0.29) is 18.7 Å². The number of benzene rings is 1. The molecule has 112 valence electrons. The first-order chi connectivity index (χ1) is 10.1. The third-order valence-corrected chi connectivity index (χ3v) is 3.34. The van der Waals surface area contributed by atoms with Gasteiger partial charge in [-0.15, -0.1) is 0 Å². The zero-order valence-corrected chi connectivity index (χ0v) is 12.3. The Morgan fingerprint density at radius 3 is 2.71 bits per heavy atom. The number of aromatic nitrogens is 2. The summed E-state index contributed by atoms with van der Waals surface area (Å²) in [7, 11) is 0. The highest BCUT2D eigenvalue weighted by molar-refractivity contribution is 5.13. The van der Waals surface area contributed by atoms with Crippen LogP contribution in [-0.4, -0.2) is 27.4 Å². The summed E-state index contributed by atoms with van der Waals surface area (Å²) in [5.74, 6) is 0. The lowest BCUT2D eigenvalue weighted by Gasteiger charge is -2.13. The highest BCUT2D eigenvalue weighted by Gasteiger charge is 2.09. The third-order valence-electron chi connectivity index (χ3n) is 3.34. The van der Waals surface area contributed by atoms with Crippen molar-refractivity contribution in [2.75, 3.05) is 6.61 Å². The molecule has 0 bridgehead atoms. The van der Waals surface area contributed by atoms with Crippen LogP contribution in [0, 0.1) is 13.8 Å². The Hall–Kier alpha value is -1.98. The van der Waals surface area contributed by atoms with E-state index in [2.05, 4.69) is 4.98 Å². The lowest BCUT2D eigenvalue weighted by atomic mass is 10.2. The van der Waals surface area contributed by atoms with Crippen LogP contribution >= 0.6 is 0 Å². The van der Waals surface area contributed by atoms with Crippen molar-refractivity contribution in [1.82, 2.24) is 9.55 Å². The van der Waals surface area contributed by atoms with Crippen LogP contribution in [0.15, 0.2) is 41.5 Å². The van der Waals surface area contributed by atoms with Crippen LogP contribution in [0.5, 0.6) is 0 Å². The molecule has 1 N–H and O–H groups in total. The molecule has 0 aliphatic rings. The van der Waals surface area contributed by atoms with Crippen molar-refractivity contribution < 1.29 is 9.84 Å². The highest BCUT2D eigenvalue weighted by Crippen LogP contribution is 2.02. The molecule has 1 heterocycles. The number of ether oxygens (including phenoxy) is 1. The van der Waals surface area contributed by atoms with Gasteiger partial charge in [-0.2, -0.15) is 0 Å². The molecule has 0 aliphatic carbocycles. The Balaban J connectivity index is 1.86. The smallest absolute Gasteiger partial charge is 0.256 e. The van der Waals surface area contributed by atoms with Crippen LogP contribution in [0.2, 0.25) is 0 Å². The minimum atomic E-state index is -0.740. The van der Waals surface area contributed by atoms with Crippen LogP contribution in [0.4, 0.5) is 0 Å². The summed E-state index contributed by atoms with van der Waals surface area (Å²) in [6.45, 7) is 4.33. The van der Waals surface area contributed by atoms with E-state index in [9.17, 15) is 9.90 Å². The SMILES string of the molecule is Cc1ncn(CC(O)COCc2ccccc2)c(=O)c1C. The fourth-order valence-corrected chi connectivity index (χ4v) is 1.97. The van der Waals surface area contributed by atoms with Crippen LogP contribution in [0.25, 0.3) is 0 Å². The Morgan fingerprint density at radius 2 is 2.00 bits per heavy atom. The molecule has 0 radical (unpaired) electrons. The molecular weight excluding hydrogens is 268 g/mol. The summed E-state index contributed by atoms with van der Waals surface area (Å²) in [6, 6.07) is 9.75. The second-order valence-electron chi connectivity index (χ2n) is 5.07. The van der Waals surface area contributed by atoms with Crippen LogP contribution in [0.3, 0.4) is 0 Å². The van der Waals surface area contributed by atoms with Crippen LogP contribution in [-0.2, 0) is 17.9 Å². The molecule has 0 spiro atoms. The summed E-state index contributed by atoms with van der Waals surface area (Å²) >= 11 is 0. The molecule has 0 fully saturated rings. The lowest BCUT2D eigenvalue weighted by Crippen LogP contribution is -2.31. The fourth-order valence-electron chi connectivity index (χ4n) is 1.97. The van der Waals surface area contributed by atoms with Gasteiger partial charge in [-0.3, -0.25) is 9.36 Å². The van der Waals surface area contributed by atoms with Crippen molar-refractivity contribution in [2.45, 2.75) is 33.1 Å². The summed E-state index contributed by atoms with van der Waals surface area (Å²) in [6.07, 6.45) is 0.723. The number of aliphatic hydroxyl groups is 1. The van der Waals surface area contributed by atoms with Gasteiger partial charge >= 0.3 is 0 Å². The second-order valence-corrected chi connectivity index (χ2v) is 5.07. The second kappa shape index (κ2) is 7.15. The van der Waals surface area contributed by atoms with E-state index in [4.69, 9.17) is 4.74 Å². The van der Waals surface area contributed by atoms with Gasteiger partial charge in [-0.25, -0.2) is 4.98 Å². The van der Waals surface area contributed by atoms with Gasteiger partial charge < -0.3 is 9.84 Å². The molecular formula is C16H20N2O3. The van der Waals surface area contributed by atoms with Gasteiger partial charge in [0.25, 0.3) is 5.56 Å². The van der Waals surface area contributed by atoms with E-state index >= 15 is 0 Å². The topological polar surface area (TPSA) is 64.3 Å². The molecule has 1 aromatic heterocycles. The average molecular weight is 288 g/mol. The molecule has 0 saturated heterocycles. The maximum absolute atomic E-state index is 12.0. The van der Waals surface area contributed by atoms with Crippen LogP contribution in [0.1, 0.15) is 16.8 Å². The minimum absolute atomic E-state index is 0.121. The predicted octanol–water partition coefficient (Wildman–Crippen LogP) is 1.44. The van der Waals surface area contributed by atoms with E-state index in [1.54, 1.807) is 13.8 Å². The summed E-state index contributed by atoms with van der Waals surface area (Å²) in [4.78, 5) is 16.1. The van der Waals surface area contributed by atoms with Gasteiger partial charge in [-0.05, 0) is 19.4 Å². The zero-order valence-electron chi connectivity index (χ0n) is 12.3. The van der Waals surface area contributed by atoms with Crippen molar-refractivity contribution in [3.63, 3.8) is 0 Å². The molecule has 0 amide bonds. The van der Waals surface area contributed by atoms with Gasteiger partial charge in [0, 0.05) is 11.3 Å². The number of rotatable bonds is 6. The molecule has 0 saturated carbocycles. The number of hydrogen-bond donors (Lipinski definition) is 1. The number of aryl methyl sites for hydroxylation is 1. The van der Waals surface area contributed by atoms with Crippen LogP contribution < -0.4 is 5.56 Å². The first-order valence-electron chi connectivity index (χ1n) is 6.90. The van der Waals surface area contributed by atoms with Crippen molar-refractivity contribution in [3.05, 3.63) is 63.8 Å². The maximum Gasteiger partial charge on any atom is 0.256 e. The Labute approximate surface area is 123 Å². The first-order valence-corrected chi connectivity index (χ1v) is 6.90. The van der Waals surface area contributed by atoms with Crippen molar-refractivity contribution >= 4 is 0 Å². The third kappa shape index (κ3) is 4.24. The van der Waals surface area contributed by atoms with Gasteiger partial charge in [0.2, 0.25) is 0 Å². The monoisotopic (exact) mass is 288 g/mol. The first kappa shape index (κ1) is 15.4. The van der Waals surface area contributed by atoms with Gasteiger partial charge in [0.05, 0.1) is 32.2 Å². The molecule has 2 aromatic rings. The average Bonchev–Trinajstić information content (AvgIpc) is 2.49. The maximum atomic E-state index is 12.0. The zero-order chi connectivity index (χ0) is 15.2. The fraction of sp³-hybridized carbons (Fsp3) is 0.375. The number of nitrogens with zero attached hydrogens (tertiary/aromatic N) is 2. The molecule has 1 atom stereocenters. The molecule has 1 unspecified atom stereocenters. The molecule has 5 nitrogen and oxygen atoms in total. The molecule has 5 heteroatoms. The quantitative estimate of drug-likeness (QED) is 0.873. The molecule has 1 aromatic carbocycles. The van der Waals surface area contributed by atoms with E-state index in [1.165, 1.54) is 10.9 Å². The van der Waals surface area contributed by atoms with E-state index < -0.39 is 6.10 Å². The Bertz CT molecular complexity index is 638. The summed E-state index contributed by atoms with van der Waals surface area (Å²) in [5.41, 5.74) is 2.25. The van der Waals surface area contributed by atoms with Crippen molar-refractivity contribution in [2.24, 2.45) is 0 Å². The van der Waals surface area contributed by atoms with Gasteiger partial charge in [-0.1, -0.05) is 30.3 Å².